The van der Waals surface area contributed by atoms with Crippen molar-refractivity contribution in [2.75, 3.05) is 52.9 Å². The molecule has 0 aliphatic heterocycles. The van der Waals surface area contributed by atoms with Gasteiger partial charge in [-0.2, -0.15) is 0 Å². The van der Waals surface area contributed by atoms with E-state index in [2.05, 4.69) is 13.8 Å². The van der Waals surface area contributed by atoms with E-state index in [9.17, 15) is 34.4 Å². The summed E-state index contributed by atoms with van der Waals surface area (Å²) in [6.45, 7) is 1.51. The summed E-state index contributed by atoms with van der Waals surface area (Å²) in [5.41, 5.74) is 0. The maximum Gasteiger partial charge on any atom is 0.472 e. The van der Waals surface area contributed by atoms with Gasteiger partial charge in [0.1, 0.15) is 24.9 Å². The molecule has 0 heterocycles. The molecule has 0 aliphatic carbocycles. The molecule has 0 aromatic heterocycles. The van der Waals surface area contributed by atoms with Gasteiger partial charge in [-0.1, -0.05) is 168 Å². The average molecular weight is 871 g/mol. The molecule has 0 rings (SSSR count). The Morgan fingerprint density at radius 3 is 1.20 bits per heavy atom. The largest absolute Gasteiger partial charge is 0.472 e. The average Bonchev–Trinajstić information content (AvgIpc) is 3.21. The van der Waals surface area contributed by atoms with E-state index < -0.39 is 64.0 Å². The molecule has 0 aliphatic rings. The third kappa shape index (κ3) is 41.9. The molecule has 59 heavy (non-hydrogen) atoms. The number of esters is 2. The van der Waals surface area contributed by atoms with Crippen LogP contribution in [0.15, 0.2) is 0 Å². The summed E-state index contributed by atoms with van der Waals surface area (Å²) < 4.78 is 43.7. The lowest BCUT2D eigenvalue weighted by Gasteiger charge is -2.20. The van der Waals surface area contributed by atoms with E-state index >= 15 is 0 Å². The van der Waals surface area contributed by atoms with Crippen LogP contribution in [0.5, 0.6) is 0 Å². The molecule has 0 amide bonds. The molecule has 0 radical (unpaired) electrons. The maximum absolute atomic E-state index is 12.7. The van der Waals surface area contributed by atoms with E-state index in [4.69, 9.17) is 33.1 Å². The van der Waals surface area contributed by atoms with Gasteiger partial charge >= 0.3 is 19.8 Å². The van der Waals surface area contributed by atoms with Crippen molar-refractivity contribution in [3.63, 3.8) is 0 Å². The van der Waals surface area contributed by atoms with Gasteiger partial charge in [-0.3, -0.25) is 18.6 Å². The Labute approximate surface area is 357 Å². The number of hydrogen-bond acceptors (Lipinski definition) is 13. The third-order valence-electron chi connectivity index (χ3n) is 10.0. The minimum atomic E-state index is -4.73. The minimum Gasteiger partial charge on any atom is -0.462 e. The molecule has 1 unspecified atom stereocenters. The second-order valence-corrected chi connectivity index (χ2v) is 17.5. The summed E-state index contributed by atoms with van der Waals surface area (Å²) in [5.74, 6) is -0.968. The zero-order chi connectivity index (χ0) is 43.7. The molecule has 352 valence electrons. The molecule has 0 saturated heterocycles. The summed E-state index contributed by atoms with van der Waals surface area (Å²) in [6.07, 6.45) is 26.5. The van der Waals surface area contributed by atoms with Crippen LogP contribution in [0, 0.1) is 0 Å². The van der Waals surface area contributed by atoms with E-state index in [1.165, 1.54) is 116 Å². The molecule has 0 aromatic carbocycles. The quantitative estimate of drug-likeness (QED) is 0.0221. The number of aliphatic hydroxyl groups is 4. The van der Waals surface area contributed by atoms with Crippen LogP contribution in [0.2, 0.25) is 0 Å². The van der Waals surface area contributed by atoms with Crippen molar-refractivity contribution in [2.24, 2.45) is 0 Å². The molecule has 0 fully saturated rings. The van der Waals surface area contributed by atoms with Crippen LogP contribution in [-0.2, 0) is 42.1 Å². The van der Waals surface area contributed by atoms with Crippen LogP contribution in [0.1, 0.15) is 194 Å². The van der Waals surface area contributed by atoms with Gasteiger partial charge in [0.25, 0.3) is 0 Å². The van der Waals surface area contributed by atoms with Gasteiger partial charge in [0, 0.05) is 12.8 Å². The predicted octanol–water partition coefficient (Wildman–Crippen LogP) is 8.65. The van der Waals surface area contributed by atoms with Gasteiger partial charge in [-0.15, -0.1) is 0 Å². The maximum atomic E-state index is 12.7. The smallest absolute Gasteiger partial charge is 0.462 e. The van der Waals surface area contributed by atoms with Crippen LogP contribution >= 0.6 is 7.82 Å². The van der Waals surface area contributed by atoms with Crippen molar-refractivity contribution in [3.8, 4) is 0 Å². The Morgan fingerprint density at radius 1 is 0.458 bits per heavy atom. The Kier molecular flexibility index (Phi) is 41.3. The highest BCUT2D eigenvalue weighted by Crippen LogP contribution is 2.43. The molecular formula is C44H87O14P. The SMILES string of the molecule is CCCCCCCCCCCCCCCC(=O)OC[C@H](COP(=O)(O)OC[C@@H](O)COC[C@H](O)COC[C@H](O)CO)OC(=O)CCCCCCCCCCCCCCC. The number of aliphatic hydroxyl groups excluding tert-OH is 4. The van der Waals surface area contributed by atoms with Crippen LogP contribution in [-0.4, -0.2) is 115 Å². The molecule has 15 heteroatoms. The van der Waals surface area contributed by atoms with Gasteiger partial charge < -0.3 is 44.3 Å². The Morgan fingerprint density at radius 2 is 0.797 bits per heavy atom. The van der Waals surface area contributed by atoms with Crippen LogP contribution < -0.4 is 0 Å². The normalized spacial score (nSPS) is 14.8. The Bertz CT molecular complexity index is 989. The van der Waals surface area contributed by atoms with E-state index in [-0.39, 0.29) is 45.9 Å². The monoisotopic (exact) mass is 871 g/mol. The van der Waals surface area contributed by atoms with Crippen LogP contribution in [0.4, 0.5) is 0 Å². The van der Waals surface area contributed by atoms with Crippen molar-refractivity contribution >= 4 is 19.8 Å². The molecular weight excluding hydrogens is 783 g/mol. The number of hydrogen-bond donors (Lipinski definition) is 5. The number of rotatable bonds is 46. The Hall–Kier alpha value is -1.19. The van der Waals surface area contributed by atoms with Gasteiger partial charge in [-0.05, 0) is 12.8 Å². The number of phosphoric acid groups is 1. The van der Waals surface area contributed by atoms with E-state index in [1.807, 2.05) is 0 Å². The highest BCUT2D eigenvalue weighted by Gasteiger charge is 2.27. The summed E-state index contributed by atoms with van der Waals surface area (Å²) in [5, 5.41) is 38.0. The van der Waals surface area contributed by atoms with Crippen molar-refractivity contribution in [3.05, 3.63) is 0 Å². The fourth-order valence-electron chi connectivity index (χ4n) is 6.42. The zero-order valence-electron chi connectivity index (χ0n) is 37.1. The van der Waals surface area contributed by atoms with Crippen molar-refractivity contribution in [1.82, 2.24) is 0 Å². The predicted molar refractivity (Wildman–Crippen MR) is 230 cm³/mol. The lowest BCUT2D eigenvalue weighted by Crippen LogP contribution is -2.30. The van der Waals surface area contributed by atoms with Crippen LogP contribution in [0.3, 0.4) is 0 Å². The highest BCUT2D eigenvalue weighted by molar-refractivity contribution is 7.47. The van der Waals surface area contributed by atoms with Gasteiger partial charge in [0.05, 0.1) is 46.2 Å². The molecule has 5 N–H and O–H groups in total. The lowest BCUT2D eigenvalue weighted by atomic mass is 10.0. The molecule has 0 spiro atoms. The molecule has 5 atom stereocenters. The minimum absolute atomic E-state index is 0.159. The Balaban J connectivity index is 4.61. The zero-order valence-corrected chi connectivity index (χ0v) is 38.0. The second-order valence-electron chi connectivity index (χ2n) is 16.1. The van der Waals surface area contributed by atoms with Crippen molar-refractivity contribution < 1.29 is 67.5 Å². The first-order valence-electron chi connectivity index (χ1n) is 23.3. The van der Waals surface area contributed by atoms with Crippen molar-refractivity contribution in [1.29, 1.82) is 0 Å². The molecule has 0 aromatic rings. The molecule has 14 nitrogen and oxygen atoms in total. The lowest BCUT2D eigenvalue weighted by molar-refractivity contribution is -0.161. The summed E-state index contributed by atoms with van der Waals surface area (Å²) in [4.78, 5) is 35.5. The second kappa shape index (κ2) is 42.1. The third-order valence-corrected chi connectivity index (χ3v) is 11.0. The first-order valence-corrected chi connectivity index (χ1v) is 24.8. The first kappa shape index (κ1) is 57.8. The molecule has 0 saturated carbocycles. The van der Waals surface area contributed by atoms with E-state index in [0.29, 0.717) is 12.8 Å². The number of phosphoric ester groups is 1. The number of carbonyl (C=O) groups is 2. The van der Waals surface area contributed by atoms with Gasteiger partial charge in [-0.25, -0.2) is 4.57 Å². The standard InChI is InChI=1S/C44H87O14P/c1-3-5-7-9-11-13-15-17-19-21-23-25-27-29-43(49)55-37-42(58-44(50)30-28-26-24-22-20-18-16-14-12-10-8-6-4-2)38-57-59(51,52)56-36-41(48)35-54-34-40(47)33-53-32-39(46)31-45/h39-42,45-48H,3-38H2,1-2H3,(H,51,52)/t39-,40-,41+,42-/m1/s1. The summed E-state index contributed by atoms with van der Waals surface area (Å²) in [6, 6.07) is 0. The molecule has 0 bridgehead atoms. The fourth-order valence-corrected chi connectivity index (χ4v) is 7.21. The van der Waals surface area contributed by atoms with Crippen LogP contribution in [0.25, 0.3) is 0 Å². The highest BCUT2D eigenvalue weighted by atomic mass is 31.2. The number of unbranched alkanes of at least 4 members (excludes halogenated alkanes) is 24. The van der Waals surface area contributed by atoms with Crippen molar-refractivity contribution in [2.45, 2.75) is 218 Å². The van der Waals surface area contributed by atoms with E-state index in [0.717, 1.165) is 38.5 Å². The first-order chi connectivity index (χ1) is 28.5. The van der Waals surface area contributed by atoms with Gasteiger partial charge in [0.2, 0.25) is 0 Å². The fraction of sp³-hybridized carbons (Fsp3) is 0.955. The topological polar surface area (TPSA) is 208 Å². The van der Waals surface area contributed by atoms with E-state index in [1.54, 1.807) is 0 Å². The summed E-state index contributed by atoms with van der Waals surface area (Å²) >= 11 is 0. The summed E-state index contributed by atoms with van der Waals surface area (Å²) in [7, 11) is -4.73. The number of carbonyl (C=O) groups excluding carboxylic acids is 2. The number of ether oxygens (including phenoxy) is 4. The van der Waals surface area contributed by atoms with Gasteiger partial charge in [0.15, 0.2) is 6.10 Å².